The minimum Gasteiger partial charge on any atom is -0.507 e. The SMILES string of the molecule is CCCCCc1cc(O)c(C2C=C(F)CCC2)c(O)c1. The molecule has 1 aliphatic rings. The lowest BCUT2D eigenvalue weighted by Gasteiger charge is -2.20. The molecular weight excluding hydrogens is 255 g/mol. The maximum atomic E-state index is 13.4. The second-order valence-electron chi connectivity index (χ2n) is 5.62. The van der Waals surface area contributed by atoms with E-state index in [9.17, 15) is 14.6 Å². The molecule has 0 amide bonds. The summed E-state index contributed by atoms with van der Waals surface area (Å²) in [5, 5.41) is 20.3. The van der Waals surface area contributed by atoms with Crippen molar-refractivity contribution in [1.82, 2.24) is 0 Å². The van der Waals surface area contributed by atoms with Crippen molar-refractivity contribution < 1.29 is 14.6 Å². The van der Waals surface area contributed by atoms with Gasteiger partial charge in [0.15, 0.2) is 0 Å². The van der Waals surface area contributed by atoms with E-state index in [-0.39, 0.29) is 23.2 Å². The number of allylic oxidation sites excluding steroid dienone is 2. The molecule has 0 aromatic heterocycles. The summed E-state index contributed by atoms with van der Waals surface area (Å²) < 4.78 is 13.4. The van der Waals surface area contributed by atoms with Crippen molar-refractivity contribution in [3.8, 4) is 11.5 Å². The lowest BCUT2D eigenvalue weighted by Crippen LogP contribution is -2.03. The topological polar surface area (TPSA) is 40.5 Å². The van der Waals surface area contributed by atoms with Gasteiger partial charge in [0, 0.05) is 11.5 Å². The smallest absolute Gasteiger partial charge is 0.123 e. The Hall–Kier alpha value is -1.51. The van der Waals surface area contributed by atoms with Crippen LogP contribution in [-0.2, 0) is 6.42 Å². The van der Waals surface area contributed by atoms with Crippen molar-refractivity contribution in [3.05, 3.63) is 35.2 Å². The molecule has 20 heavy (non-hydrogen) atoms. The molecule has 110 valence electrons. The van der Waals surface area contributed by atoms with Crippen molar-refractivity contribution in [2.45, 2.75) is 57.8 Å². The number of phenols is 2. The summed E-state index contributed by atoms with van der Waals surface area (Å²) in [4.78, 5) is 0. The Morgan fingerprint density at radius 3 is 2.50 bits per heavy atom. The molecule has 1 unspecified atom stereocenters. The Balaban J connectivity index is 2.20. The number of hydrogen-bond donors (Lipinski definition) is 2. The van der Waals surface area contributed by atoms with E-state index in [2.05, 4.69) is 6.92 Å². The summed E-state index contributed by atoms with van der Waals surface area (Å²) in [5.74, 6) is -0.180. The lowest BCUT2D eigenvalue weighted by molar-refractivity contribution is 0.422. The summed E-state index contributed by atoms with van der Waals surface area (Å²) in [7, 11) is 0. The number of halogens is 1. The molecule has 0 saturated carbocycles. The number of rotatable bonds is 5. The predicted molar refractivity (Wildman–Crippen MR) is 78.8 cm³/mol. The van der Waals surface area contributed by atoms with Gasteiger partial charge in [0.2, 0.25) is 0 Å². The van der Waals surface area contributed by atoms with E-state index >= 15 is 0 Å². The van der Waals surface area contributed by atoms with Gasteiger partial charge in [-0.05, 0) is 55.9 Å². The van der Waals surface area contributed by atoms with Crippen LogP contribution in [0.3, 0.4) is 0 Å². The van der Waals surface area contributed by atoms with Gasteiger partial charge in [-0.25, -0.2) is 4.39 Å². The van der Waals surface area contributed by atoms with Crippen molar-refractivity contribution in [1.29, 1.82) is 0 Å². The van der Waals surface area contributed by atoms with E-state index in [0.29, 0.717) is 12.0 Å². The number of phenolic OH excluding ortho intramolecular Hbond substituents is 2. The maximum Gasteiger partial charge on any atom is 0.123 e. The Labute approximate surface area is 120 Å². The first kappa shape index (κ1) is 14.9. The second-order valence-corrected chi connectivity index (χ2v) is 5.62. The molecule has 1 atom stereocenters. The van der Waals surface area contributed by atoms with Crippen molar-refractivity contribution in [2.24, 2.45) is 0 Å². The highest BCUT2D eigenvalue weighted by Gasteiger charge is 2.22. The highest BCUT2D eigenvalue weighted by molar-refractivity contribution is 5.50. The van der Waals surface area contributed by atoms with Crippen LogP contribution < -0.4 is 0 Å². The number of aromatic hydroxyl groups is 2. The summed E-state index contributed by atoms with van der Waals surface area (Å²) in [5.41, 5.74) is 1.41. The standard InChI is InChI=1S/C17H23FO2/c1-2-3-4-6-12-9-15(19)17(16(20)10-12)13-7-5-8-14(18)11-13/h9-11,13,19-20H,2-8H2,1H3. The molecule has 2 N–H and O–H groups in total. The molecule has 0 bridgehead atoms. The molecule has 3 heteroatoms. The van der Waals surface area contributed by atoms with Crippen LogP contribution in [0.5, 0.6) is 11.5 Å². The van der Waals surface area contributed by atoms with Crippen LogP contribution in [0.4, 0.5) is 4.39 Å². The summed E-state index contributed by atoms with van der Waals surface area (Å²) in [6, 6.07) is 3.43. The minimum atomic E-state index is -0.214. The van der Waals surface area contributed by atoms with E-state index in [1.165, 1.54) is 6.08 Å². The molecule has 0 heterocycles. The third-order valence-corrected chi connectivity index (χ3v) is 3.95. The first-order valence-electron chi connectivity index (χ1n) is 7.52. The molecule has 2 nitrogen and oxygen atoms in total. The second kappa shape index (κ2) is 6.78. The highest BCUT2D eigenvalue weighted by atomic mass is 19.1. The van der Waals surface area contributed by atoms with Crippen molar-refractivity contribution in [2.75, 3.05) is 0 Å². The predicted octanol–water partition coefficient (Wildman–Crippen LogP) is 4.95. The molecule has 1 aromatic carbocycles. The molecule has 0 spiro atoms. The largest absolute Gasteiger partial charge is 0.507 e. The number of unbranched alkanes of at least 4 members (excludes halogenated alkanes) is 2. The third kappa shape index (κ3) is 3.53. The van der Waals surface area contributed by atoms with Crippen LogP contribution in [0.25, 0.3) is 0 Å². The number of aryl methyl sites for hydroxylation is 1. The average molecular weight is 278 g/mol. The van der Waals surface area contributed by atoms with Gasteiger partial charge >= 0.3 is 0 Å². The third-order valence-electron chi connectivity index (χ3n) is 3.95. The zero-order valence-electron chi connectivity index (χ0n) is 12.0. The molecule has 1 aliphatic carbocycles. The van der Waals surface area contributed by atoms with Crippen LogP contribution in [0, 0.1) is 0 Å². The van der Waals surface area contributed by atoms with Gasteiger partial charge in [0.1, 0.15) is 11.5 Å². The van der Waals surface area contributed by atoms with Crippen molar-refractivity contribution >= 4 is 0 Å². The van der Waals surface area contributed by atoms with Crippen LogP contribution in [0.2, 0.25) is 0 Å². The summed E-state index contributed by atoms with van der Waals surface area (Å²) in [6.07, 6.45) is 7.69. The fourth-order valence-electron chi connectivity index (χ4n) is 2.89. The molecule has 0 aliphatic heterocycles. The average Bonchev–Trinajstić information content (AvgIpc) is 2.38. The number of benzene rings is 1. The summed E-state index contributed by atoms with van der Waals surface area (Å²) in [6.45, 7) is 2.14. The van der Waals surface area contributed by atoms with Gasteiger partial charge < -0.3 is 10.2 Å². The van der Waals surface area contributed by atoms with Crippen molar-refractivity contribution in [3.63, 3.8) is 0 Å². The van der Waals surface area contributed by atoms with Crippen LogP contribution in [-0.4, -0.2) is 10.2 Å². The van der Waals surface area contributed by atoms with Crippen LogP contribution >= 0.6 is 0 Å². The quantitative estimate of drug-likeness (QED) is 0.748. The molecule has 0 radical (unpaired) electrons. The highest BCUT2D eigenvalue weighted by Crippen LogP contribution is 2.41. The van der Waals surface area contributed by atoms with Gasteiger partial charge in [0.25, 0.3) is 0 Å². The zero-order valence-corrected chi connectivity index (χ0v) is 12.0. The van der Waals surface area contributed by atoms with E-state index in [0.717, 1.165) is 44.1 Å². The van der Waals surface area contributed by atoms with Gasteiger partial charge in [0.05, 0.1) is 5.83 Å². The van der Waals surface area contributed by atoms with Crippen LogP contribution in [0.15, 0.2) is 24.0 Å². The normalized spacial score (nSPS) is 18.9. The van der Waals surface area contributed by atoms with Gasteiger partial charge in [-0.1, -0.05) is 19.8 Å². The van der Waals surface area contributed by atoms with Gasteiger partial charge in [-0.3, -0.25) is 0 Å². The van der Waals surface area contributed by atoms with Gasteiger partial charge in [-0.2, -0.15) is 0 Å². The number of hydrogen-bond acceptors (Lipinski definition) is 2. The zero-order chi connectivity index (χ0) is 14.5. The monoisotopic (exact) mass is 278 g/mol. The van der Waals surface area contributed by atoms with E-state index in [1.807, 2.05) is 0 Å². The van der Waals surface area contributed by atoms with E-state index in [1.54, 1.807) is 12.1 Å². The Kier molecular flexibility index (Phi) is 5.05. The molecule has 1 aromatic rings. The lowest BCUT2D eigenvalue weighted by atomic mass is 9.87. The van der Waals surface area contributed by atoms with E-state index < -0.39 is 0 Å². The van der Waals surface area contributed by atoms with Crippen LogP contribution in [0.1, 0.15) is 62.5 Å². The molecule has 0 fully saturated rings. The fraction of sp³-hybridized carbons (Fsp3) is 0.529. The Morgan fingerprint density at radius 2 is 1.90 bits per heavy atom. The molecule has 2 rings (SSSR count). The summed E-state index contributed by atoms with van der Waals surface area (Å²) >= 11 is 0. The Morgan fingerprint density at radius 1 is 1.20 bits per heavy atom. The van der Waals surface area contributed by atoms with E-state index in [4.69, 9.17) is 0 Å². The fourth-order valence-corrected chi connectivity index (χ4v) is 2.89. The molecular formula is C17H23FO2. The van der Waals surface area contributed by atoms with Gasteiger partial charge in [-0.15, -0.1) is 0 Å². The maximum absolute atomic E-state index is 13.4. The first-order valence-corrected chi connectivity index (χ1v) is 7.52. The Bertz CT molecular complexity index is 471. The molecule has 0 saturated heterocycles. The minimum absolute atomic E-state index is 0.0902. The first-order chi connectivity index (χ1) is 9.61.